The number of hydrogen-bond donors (Lipinski definition) is 2. The Morgan fingerprint density at radius 3 is 2.74 bits per heavy atom. The van der Waals surface area contributed by atoms with Gasteiger partial charge in [0.05, 0.1) is 53.4 Å². The summed E-state index contributed by atoms with van der Waals surface area (Å²) in [5.41, 5.74) is -0.228. The first kappa shape index (κ1) is 25.0. The third kappa shape index (κ3) is 4.48. The molecule has 2 aromatic carbocycles. The van der Waals surface area contributed by atoms with E-state index in [1.807, 2.05) is 22.6 Å². The molecule has 3 aromatic rings. The standard InChI is InChI=1S/C24H23F2I2N5O2/c1-13-10-30-31-21-15(13)9-16(22(20(21)26)33(28)18-6-5-14(27)8-17(18)25)23(34)32-11-24(35,12-32)19-4-2-3-7-29-19/h5-6,8-10,19,29,35H,2-4,7,11-12H2,1H3/t19-/m0/s1. The minimum Gasteiger partial charge on any atom is -0.385 e. The van der Waals surface area contributed by atoms with E-state index >= 15 is 4.39 Å². The van der Waals surface area contributed by atoms with Crippen LogP contribution in [-0.4, -0.2) is 57.4 Å². The first-order valence-electron chi connectivity index (χ1n) is 11.3. The maximum Gasteiger partial charge on any atom is 0.256 e. The molecule has 0 bridgehead atoms. The van der Waals surface area contributed by atoms with Gasteiger partial charge in [0.15, 0.2) is 5.82 Å². The predicted molar refractivity (Wildman–Crippen MR) is 146 cm³/mol. The van der Waals surface area contributed by atoms with E-state index in [0.29, 0.717) is 14.5 Å². The quantitative estimate of drug-likeness (QED) is 0.305. The predicted octanol–water partition coefficient (Wildman–Crippen LogP) is 4.64. The fourth-order valence-electron chi connectivity index (χ4n) is 4.85. The molecule has 35 heavy (non-hydrogen) atoms. The van der Waals surface area contributed by atoms with Gasteiger partial charge in [-0.05, 0) is 78.7 Å². The highest BCUT2D eigenvalue weighted by atomic mass is 127. The molecule has 1 aromatic heterocycles. The van der Waals surface area contributed by atoms with Gasteiger partial charge in [-0.3, -0.25) is 7.91 Å². The molecule has 0 saturated carbocycles. The first-order valence-corrected chi connectivity index (χ1v) is 13.3. The van der Waals surface area contributed by atoms with Gasteiger partial charge in [-0.1, -0.05) is 6.42 Å². The molecule has 2 fully saturated rings. The number of β-amino-alcohol motifs (C(OH)–C–C–N with tert-alkyl or cyclic N) is 1. The number of nitrogens with zero attached hydrogens (tertiary/aromatic N) is 4. The highest BCUT2D eigenvalue weighted by Crippen LogP contribution is 2.41. The van der Waals surface area contributed by atoms with Crippen LogP contribution in [0.5, 0.6) is 0 Å². The first-order chi connectivity index (χ1) is 16.7. The van der Waals surface area contributed by atoms with Gasteiger partial charge in [0, 0.05) is 15.0 Å². The number of aliphatic hydroxyl groups is 1. The molecule has 2 N–H and O–H groups in total. The molecule has 7 nitrogen and oxygen atoms in total. The molecule has 3 heterocycles. The van der Waals surface area contributed by atoms with Gasteiger partial charge < -0.3 is 15.3 Å². The smallest absolute Gasteiger partial charge is 0.256 e. The van der Waals surface area contributed by atoms with Crippen molar-refractivity contribution in [2.75, 3.05) is 22.7 Å². The SMILES string of the molecule is Cc1cnnc2c(F)c(N(I)c3ccc(I)cc3F)c(C(=O)N3CC(O)([C@@H]4CCCCN4)C3)cc12. The molecule has 2 aliphatic rings. The number of fused-ring (bicyclic) bond motifs is 1. The molecule has 1 atom stereocenters. The Morgan fingerprint density at radius 1 is 1.29 bits per heavy atom. The van der Waals surface area contributed by atoms with Crippen LogP contribution in [0, 0.1) is 22.1 Å². The van der Waals surface area contributed by atoms with Gasteiger partial charge in [0.2, 0.25) is 0 Å². The monoisotopic (exact) mass is 705 g/mol. The molecule has 5 rings (SSSR count). The second kappa shape index (κ2) is 9.63. The number of anilines is 2. The second-order valence-electron chi connectivity index (χ2n) is 9.15. The number of amides is 1. The number of benzene rings is 2. The molecule has 0 spiro atoms. The molecule has 0 aliphatic carbocycles. The van der Waals surface area contributed by atoms with Gasteiger partial charge in [-0.25, -0.2) is 8.78 Å². The van der Waals surface area contributed by atoms with Gasteiger partial charge in [-0.2, -0.15) is 5.10 Å². The van der Waals surface area contributed by atoms with Crippen LogP contribution in [0.2, 0.25) is 0 Å². The Labute approximate surface area is 228 Å². The van der Waals surface area contributed by atoms with Crippen molar-refractivity contribution < 1.29 is 18.7 Å². The Morgan fingerprint density at radius 2 is 2.06 bits per heavy atom. The average molecular weight is 705 g/mol. The van der Waals surface area contributed by atoms with Crippen LogP contribution in [0.15, 0.2) is 30.5 Å². The normalized spacial score (nSPS) is 19.5. The molecular weight excluding hydrogens is 682 g/mol. The van der Waals surface area contributed by atoms with Crippen LogP contribution in [0.3, 0.4) is 0 Å². The zero-order valence-electron chi connectivity index (χ0n) is 18.9. The fourth-order valence-corrected chi connectivity index (χ4v) is 6.16. The van der Waals surface area contributed by atoms with E-state index in [9.17, 15) is 14.3 Å². The molecule has 184 valence electrons. The number of likely N-dealkylation sites (tertiary alicyclic amines) is 1. The molecule has 1 amide bonds. The summed E-state index contributed by atoms with van der Waals surface area (Å²) in [6.45, 7) is 2.90. The highest BCUT2D eigenvalue weighted by Gasteiger charge is 2.50. The van der Waals surface area contributed by atoms with Crippen molar-refractivity contribution in [3.8, 4) is 0 Å². The van der Waals surface area contributed by atoms with Gasteiger partial charge in [0.1, 0.15) is 22.6 Å². The molecule has 0 unspecified atom stereocenters. The third-order valence-corrected chi connectivity index (χ3v) is 8.45. The minimum atomic E-state index is -1.01. The van der Waals surface area contributed by atoms with Crippen molar-refractivity contribution in [3.05, 3.63) is 56.8 Å². The number of nitrogens with one attached hydrogen (secondary N) is 1. The van der Waals surface area contributed by atoms with E-state index in [0.717, 1.165) is 25.8 Å². The Bertz CT molecular complexity index is 1310. The number of aromatic nitrogens is 2. The van der Waals surface area contributed by atoms with Gasteiger partial charge in [-0.15, -0.1) is 5.10 Å². The Kier molecular flexibility index (Phi) is 6.87. The number of halogens is 4. The van der Waals surface area contributed by atoms with E-state index in [-0.39, 0.29) is 41.6 Å². The van der Waals surface area contributed by atoms with Crippen molar-refractivity contribution >= 4 is 73.6 Å². The molecule has 11 heteroatoms. The zero-order chi connectivity index (χ0) is 24.9. The molecular formula is C24H23F2I2N5O2. The summed E-state index contributed by atoms with van der Waals surface area (Å²) in [4.78, 5) is 15.2. The molecule has 2 aliphatic heterocycles. The second-order valence-corrected chi connectivity index (χ2v) is 11.4. The van der Waals surface area contributed by atoms with Crippen molar-refractivity contribution in [1.29, 1.82) is 0 Å². The van der Waals surface area contributed by atoms with Crippen LogP contribution in [0.4, 0.5) is 20.2 Å². The van der Waals surface area contributed by atoms with E-state index in [4.69, 9.17) is 0 Å². The number of aryl methyl sites for hydroxylation is 1. The fraction of sp³-hybridized carbons (Fsp3) is 0.375. The average Bonchev–Trinajstić information content (AvgIpc) is 2.82. The summed E-state index contributed by atoms with van der Waals surface area (Å²) in [6, 6.07) is 6.11. The van der Waals surface area contributed by atoms with Crippen LogP contribution < -0.4 is 8.43 Å². The molecule has 2 saturated heterocycles. The summed E-state index contributed by atoms with van der Waals surface area (Å²) < 4.78 is 32.8. The maximum absolute atomic E-state index is 15.9. The number of carbonyl (C=O) groups is 1. The van der Waals surface area contributed by atoms with Crippen LogP contribution in [-0.2, 0) is 0 Å². The third-order valence-electron chi connectivity index (χ3n) is 6.77. The topological polar surface area (TPSA) is 81.6 Å². The molecule has 0 radical (unpaired) electrons. The minimum absolute atomic E-state index is 0.00987. The van der Waals surface area contributed by atoms with Crippen molar-refractivity contribution in [3.63, 3.8) is 0 Å². The lowest BCUT2D eigenvalue weighted by molar-refractivity contribution is -0.108. The van der Waals surface area contributed by atoms with Crippen LogP contribution in [0.1, 0.15) is 35.2 Å². The highest BCUT2D eigenvalue weighted by molar-refractivity contribution is 14.1. The Balaban J connectivity index is 1.56. The Hall–Kier alpha value is -1.71. The lowest BCUT2D eigenvalue weighted by Gasteiger charge is -2.51. The number of piperidine rings is 1. The van der Waals surface area contributed by atoms with Crippen LogP contribution in [0.25, 0.3) is 10.9 Å². The number of hydrogen-bond acceptors (Lipinski definition) is 6. The van der Waals surface area contributed by atoms with E-state index < -0.39 is 23.1 Å². The van der Waals surface area contributed by atoms with E-state index in [1.54, 1.807) is 48.0 Å². The summed E-state index contributed by atoms with van der Waals surface area (Å²) in [7, 11) is 0. The lowest BCUT2D eigenvalue weighted by atomic mass is 9.81. The van der Waals surface area contributed by atoms with Gasteiger partial charge >= 0.3 is 0 Å². The van der Waals surface area contributed by atoms with Gasteiger partial charge in [0.25, 0.3) is 5.91 Å². The van der Waals surface area contributed by atoms with E-state index in [2.05, 4.69) is 15.5 Å². The summed E-state index contributed by atoms with van der Waals surface area (Å²) in [5.74, 6) is -1.72. The van der Waals surface area contributed by atoms with Crippen molar-refractivity contribution in [1.82, 2.24) is 20.4 Å². The zero-order valence-corrected chi connectivity index (χ0v) is 23.2. The lowest BCUT2D eigenvalue weighted by Crippen LogP contribution is -2.72. The summed E-state index contributed by atoms with van der Waals surface area (Å²) >= 11 is 3.80. The summed E-state index contributed by atoms with van der Waals surface area (Å²) in [5, 5.41) is 22.7. The number of rotatable bonds is 4. The largest absolute Gasteiger partial charge is 0.385 e. The van der Waals surface area contributed by atoms with E-state index in [1.165, 1.54) is 20.3 Å². The maximum atomic E-state index is 15.9. The number of carbonyl (C=O) groups excluding carboxylic acids is 1. The summed E-state index contributed by atoms with van der Waals surface area (Å²) in [6.07, 6.45) is 4.45. The van der Waals surface area contributed by atoms with Crippen LogP contribution >= 0.6 is 45.5 Å². The van der Waals surface area contributed by atoms with Crippen molar-refractivity contribution in [2.24, 2.45) is 0 Å². The van der Waals surface area contributed by atoms with Crippen molar-refractivity contribution in [2.45, 2.75) is 37.8 Å².